The van der Waals surface area contributed by atoms with Gasteiger partial charge in [-0.2, -0.15) is 0 Å². The van der Waals surface area contributed by atoms with Crippen molar-refractivity contribution < 1.29 is 9.53 Å². The molecule has 0 aromatic carbocycles. The lowest BCUT2D eigenvalue weighted by atomic mass is 10.0. The summed E-state index contributed by atoms with van der Waals surface area (Å²) in [4.78, 5) is 18.5. The molecule has 0 aliphatic carbocycles. The SMILES string of the molecule is CCC(c1ccncc1)N(CC)C(=O)C1=CCCCO1. The molecule has 0 spiro atoms. The minimum Gasteiger partial charge on any atom is -0.488 e. The van der Waals surface area contributed by atoms with Crippen LogP contribution in [0.25, 0.3) is 0 Å². The van der Waals surface area contributed by atoms with Gasteiger partial charge in [0.15, 0.2) is 5.76 Å². The Labute approximate surface area is 120 Å². The Morgan fingerprint density at radius 3 is 2.70 bits per heavy atom. The molecule has 0 saturated carbocycles. The van der Waals surface area contributed by atoms with Gasteiger partial charge in [-0.25, -0.2) is 0 Å². The molecule has 4 nitrogen and oxygen atoms in total. The van der Waals surface area contributed by atoms with Crippen LogP contribution in [-0.4, -0.2) is 28.9 Å². The molecule has 108 valence electrons. The van der Waals surface area contributed by atoms with Crippen molar-refractivity contribution in [1.82, 2.24) is 9.88 Å². The summed E-state index contributed by atoms with van der Waals surface area (Å²) < 4.78 is 5.51. The highest BCUT2D eigenvalue weighted by molar-refractivity contribution is 5.91. The molecule has 0 fully saturated rings. The van der Waals surface area contributed by atoms with Gasteiger partial charge >= 0.3 is 0 Å². The molecule has 1 amide bonds. The van der Waals surface area contributed by atoms with Crippen molar-refractivity contribution in [2.45, 2.75) is 39.2 Å². The molecule has 1 aromatic heterocycles. The van der Waals surface area contributed by atoms with Gasteiger partial charge in [-0.3, -0.25) is 9.78 Å². The van der Waals surface area contributed by atoms with E-state index < -0.39 is 0 Å². The molecule has 0 N–H and O–H groups in total. The monoisotopic (exact) mass is 274 g/mol. The molecule has 1 aromatic rings. The maximum Gasteiger partial charge on any atom is 0.289 e. The van der Waals surface area contributed by atoms with Crippen LogP contribution in [0.1, 0.15) is 44.7 Å². The summed E-state index contributed by atoms with van der Waals surface area (Å²) in [6, 6.07) is 4.02. The van der Waals surface area contributed by atoms with E-state index in [9.17, 15) is 4.79 Å². The largest absolute Gasteiger partial charge is 0.488 e. The zero-order valence-electron chi connectivity index (χ0n) is 12.2. The van der Waals surface area contributed by atoms with E-state index in [1.807, 2.05) is 30.0 Å². The second-order valence-electron chi connectivity index (χ2n) is 4.85. The van der Waals surface area contributed by atoms with Crippen molar-refractivity contribution in [2.24, 2.45) is 0 Å². The van der Waals surface area contributed by atoms with E-state index in [1.165, 1.54) is 0 Å². The van der Waals surface area contributed by atoms with Crippen LogP contribution in [0, 0.1) is 0 Å². The first-order valence-corrected chi connectivity index (χ1v) is 7.31. The summed E-state index contributed by atoms with van der Waals surface area (Å²) in [5.74, 6) is 0.501. The fourth-order valence-corrected chi connectivity index (χ4v) is 2.58. The molecule has 1 unspecified atom stereocenters. The Kier molecular flexibility index (Phi) is 5.16. The third kappa shape index (κ3) is 3.18. The first-order valence-electron chi connectivity index (χ1n) is 7.31. The number of pyridine rings is 1. The van der Waals surface area contributed by atoms with Gasteiger partial charge in [0, 0.05) is 18.9 Å². The van der Waals surface area contributed by atoms with Gasteiger partial charge < -0.3 is 9.64 Å². The van der Waals surface area contributed by atoms with Crippen LogP contribution in [0.5, 0.6) is 0 Å². The summed E-state index contributed by atoms with van der Waals surface area (Å²) >= 11 is 0. The Balaban J connectivity index is 2.21. The van der Waals surface area contributed by atoms with Crippen molar-refractivity contribution in [3.63, 3.8) is 0 Å². The predicted molar refractivity (Wildman–Crippen MR) is 77.9 cm³/mol. The fraction of sp³-hybridized carbons (Fsp3) is 0.500. The van der Waals surface area contributed by atoms with Gasteiger partial charge in [-0.05, 0) is 50.0 Å². The van der Waals surface area contributed by atoms with Crippen molar-refractivity contribution >= 4 is 5.91 Å². The number of allylic oxidation sites excluding steroid dienone is 1. The third-order valence-electron chi connectivity index (χ3n) is 3.60. The van der Waals surface area contributed by atoms with E-state index in [4.69, 9.17) is 4.74 Å². The molecule has 4 heteroatoms. The number of hydrogen-bond donors (Lipinski definition) is 0. The van der Waals surface area contributed by atoms with Crippen molar-refractivity contribution in [3.8, 4) is 0 Å². The maximum absolute atomic E-state index is 12.6. The van der Waals surface area contributed by atoms with Gasteiger partial charge in [0.05, 0.1) is 12.6 Å². The third-order valence-corrected chi connectivity index (χ3v) is 3.60. The zero-order chi connectivity index (χ0) is 14.4. The average molecular weight is 274 g/mol. The molecule has 0 bridgehead atoms. The maximum atomic E-state index is 12.6. The highest BCUT2D eigenvalue weighted by atomic mass is 16.5. The van der Waals surface area contributed by atoms with E-state index in [0.29, 0.717) is 18.9 Å². The molecule has 1 aliphatic rings. The summed E-state index contributed by atoms with van der Waals surface area (Å²) in [5.41, 5.74) is 1.12. The fourth-order valence-electron chi connectivity index (χ4n) is 2.58. The van der Waals surface area contributed by atoms with Gasteiger partial charge in [0.2, 0.25) is 0 Å². The second-order valence-corrected chi connectivity index (χ2v) is 4.85. The number of aromatic nitrogens is 1. The van der Waals surface area contributed by atoms with Crippen LogP contribution in [0.2, 0.25) is 0 Å². The summed E-state index contributed by atoms with van der Waals surface area (Å²) in [6.07, 6.45) is 8.24. The smallest absolute Gasteiger partial charge is 0.289 e. The predicted octanol–water partition coefficient (Wildman–Crippen LogP) is 3.08. The first-order chi connectivity index (χ1) is 9.77. The van der Waals surface area contributed by atoms with Gasteiger partial charge in [0.25, 0.3) is 5.91 Å². The Hall–Kier alpha value is -1.84. The highest BCUT2D eigenvalue weighted by Crippen LogP contribution is 2.26. The van der Waals surface area contributed by atoms with Gasteiger partial charge in [-0.15, -0.1) is 0 Å². The number of hydrogen-bond acceptors (Lipinski definition) is 3. The number of likely N-dealkylation sites (N-methyl/N-ethyl adjacent to an activating group) is 1. The summed E-state index contributed by atoms with van der Waals surface area (Å²) in [6.45, 7) is 5.41. The number of carbonyl (C=O) groups is 1. The van der Waals surface area contributed by atoms with Gasteiger partial charge in [-0.1, -0.05) is 6.92 Å². The first kappa shape index (κ1) is 14.6. The average Bonchev–Trinajstić information content (AvgIpc) is 2.53. The molecule has 0 saturated heterocycles. The number of amides is 1. The van der Waals surface area contributed by atoms with Crippen LogP contribution in [-0.2, 0) is 9.53 Å². The van der Waals surface area contributed by atoms with E-state index in [-0.39, 0.29) is 11.9 Å². The van der Waals surface area contributed by atoms with E-state index in [1.54, 1.807) is 12.4 Å². The van der Waals surface area contributed by atoms with Crippen molar-refractivity contribution in [1.29, 1.82) is 0 Å². The highest BCUT2D eigenvalue weighted by Gasteiger charge is 2.26. The number of nitrogens with zero attached hydrogens (tertiary/aromatic N) is 2. The van der Waals surface area contributed by atoms with Crippen LogP contribution < -0.4 is 0 Å². The molecule has 1 atom stereocenters. The summed E-state index contributed by atoms with van der Waals surface area (Å²) in [7, 11) is 0. The lowest BCUT2D eigenvalue weighted by Crippen LogP contribution is -2.36. The number of carbonyl (C=O) groups excluding carboxylic acids is 1. The standard InChI is InChI=1S/C16H22N2O2/c1-3-14(13-8-10-17-11-9-13)18(4-2)16(19)15-7-5-6-12-20-15/h7-11,14H,3-6,12H2,1-2H3. The van der Waals surface area contributed by atoms with E-state index in [0.717, 1.165) is 24.8 Å². The zero-order valence-corrected chi connectivity index (χ0v) is 12.2. The minimum atomic E-state index is -0.00383. The van der Waals surface area contributed by atoms with Crippen molar-refractivity contribution in [3.05, 3.63) is 41.9 Å². The number of rotatable bonds is 5. The van der Waals surface area contributed by atoms with Crippen LogP contribution in [0.15, 0.2) is 36.4 Å². The lowest BCUT2D eigenvalue weighted by molar-refractivity contribution is -0.133. The molecule has 2 heterocycles. The Morgan fingerprint density at radius 1 is 1.40 bits per heavy atom. The molecule has 20 heavy (non-hydrogen) atoms. The second kappa shape index (κ2) is 7.08. The van der Waals surface area contributed by atoms with Crippen LogP contribution >= 0.6 is 0 Å². The molecule has 1 aliphatic heterocycles. The van der Waals surface area contributed by atoms with E-state index in [2.05, 4.69) is 11.9 Å². The normalized spacial score (nSPS) is 16.0. The van der Waals surface area contributed by atoms with Crippen molar-refractivity contribution in [2.75, 3.05) is 13.2 Å². The molecule has 0 radical (unpaired) electrons. The van der Waals surface area contributed by atoms with Crippen LogP contribution in [0.4, 0.5) is 0 Å². The van der Waals surface area contributed by atoms with E-state index >= 15 is 0 Å². The quantitative estimate of drug-likeness (QED) is 0.828. The molecule has 2 rings (SSSR count). The molecular formula is C16H22N2O2. The summed E-state index contributed by atoms with van der Waals surface area (Å²) in [5, 5.41) is 0. The Morgan fingerprint density at radius 2 is 2.15 bits per heavy atom. The minimum absolute atomic E-state index is 0.00383. The van der Waals surface area contributed by atoms with Crippen LogP contribution in [0.3, 0.4) is 0 Å². The molecular weight excluding hydrogens is 252 g/mol. The lowest BCUT2D eigenvalue weighted by Gasteiger charge is -2.31. The Bertz CT molecular complexity index is 471. The topological polar surface area (TPSA) is 42.4 Å². The van der Waals surface area contributed by atoms with Gasteiger partial charge in [0.1, 0.15) is 0 Å². The number of ether oxygens (including phenoxy) is 1.